The van der Waals surface area contributed by atoms with E-state index in [2.05, 4.69) is 31.0 Å². The van der Waals surface area contributed by atoms with Crippen LogP contribution in [0.15, 0.2) is 0 Å². The number of nitrogens with one attached hydrogen (secondary N) is 1. The minimum Gasteiger partial charge on any atom is -0.394 e. The average Bonchev–Trinajstić information content (AvgIpc) is 2.42. The minimum absolute atomic E-state index is 0.0120. The Bertz CT molecular complexity index is 296. The van der Waals surface area contributed by atoms with Crippen LogP contribution in [0.5, 0.6) is 0 Å². The predicted octanol–water partition coefficient (Wildman–Crippen LogP) is 1.48. The molecule has 2 rings (SSSR count). The first kappa shape index (κ1) is 16.2. The summed E-state index contributed by atoms with van der Waals surface area (Å²) in [4.78, 5) is 2.49. The van der Waals surface area contributed by atoms with Gasteiger partial charge in [0.2, 0.25) is 0 Å². The van der Waals surface area contributed by atoms with Gasteiger partial charge in [0.05, 0.1) is 19.3 Å². The van der Waals surface area contributed by atoms with Crippen LogP contribution >= 0.6 is 0 Å². The zero-order valence-corrected chi connectivity index (χ0v) is 13.4. The van der Waals surface area contributed by atoms with Gasteiger partial charge in [0, 0.05) is 25.7 Å². The molecule has 4 heteroatoms. The molecule has 1 saturated heterocycles. The molecule has 0 spiro atoms. The van der Waals surface area contributed by atoms with Crippen LogP contribution in [0.2, 0.25) is 0 Å². The van der Waals surface area contributed by atoms with Gasteiger partial charge in [0.15, 0.2) is 0 Å². The number of aliphatic hydroxyl groups is 1. The van der Waals surface area contributed by atoms with Crippen molar-refractivity contribution in [2.75, 3.05) is 39.4 Å². The van der Waals surface area contributed by atoms with Crippen molar-refractivity contribution in [3.05, 3.63) is 0 Å². The lowest BCUT2D eigenvalue weighted by Gasteiger charge is -2.44. The molecule has 2 fully saturated rings. The van der Waals surface area contributed by atoms with E-state index < -0.39 is 0 Å². The second kappa shape index (κ2) is 7.21. The van der Waals surface area contributed by atoms with E-state index in [-0.39, 0.29) is 12.7 Å². The fraction of sp³-hybridized carbons (Fsp3) is 1.00. The molecule has 2 N–H and O–H groups in total. The summed E-state index contributed by atoms with van der Waals surface area (Å²) in [5.41, 5.74) is 0.471. The first-order valence-electron chi connectivity index (χ1n) is 8.22. The van der Waals surface area contributed by atoms with Crippen LogP contribution in [0.25, 0.3) is 0 Å². The molecule has 0 bridgehead atoms. The summed E-state index contributed by atoms with van der Waals surface area (Å²) in [7, 11) is 0. The highest BCUT2D eigenvalue weighted by Crippen LogP contribution is 2.39. The third-order valence-corrected chi connectivity index (χ3v) is 4.90. The van der Waals surface area contributed by atoms with Gasteiger partial charge in [-0.3, -0.25) is 4.90 Å². The largest absolute Gasteiger partial charge is 0.394 e. The Labute approximate surface area is 123 Å². The maximum Gasteiger partial charge on any atom is 0.0932 e. The molecule has 1 aliphatic carbocycles. The fourth-order valence-corrected chi connectivity index (χ4v) is 3.85. The summed E-state index contributed by atoms with van der Waals surface area (Å²) in [5.74, 6) is 0.719. The van der Waals surface area contributed by atoms with Crippen molar-refractivity contribution in [2.45, 2.75) is 52.2 Å². The molecule has 3 atom stereocenters. The Kier molecular flexibility index (Phi) is 5.84. The topological polar surface area (TPSA) is 44.7 Å². The van der Waals surface area contributed by atoms with Crippen molar-refractivity contribution in [1.29, 1.82) is 0 Å². The Balaban J connectivity index is 1.92. The van der Waals surface area contributed by atoms with E-state index in [4.69, 9.17) is 4.74 Å². The van der Waals surface area contributed by atoms with Crippen LogP contribution in [0.1, 0.15) is 40.0 Å². The van der Waals surface area contributed by atoms with Gasteiger partial charge >= 0.3 is 0 Å². The lowest BCUT2D eigenvalue weighted by atomic mass is 9.69. The lowest BCUT2D eigenvalue weighted by molar-refractivity contribution is -0.0605. The normalized spacial score (nSPS) is 35.1. The van der Waals surface area contributed by atoms with E-state index in [1.165, 1.54) is 19.3 Å². The summed E-state index contributed by atoms with van der Waals surface area (Å²) in [6, 6.07) is 0.656. The van der Waals surface area contributed by atoms with Crippen molar-refractivity contribution in [3.8, 4) is 0 Å². The van der Waals surface area contributed by atoms with Gasteiger partial charge in [-0.2, -0.15) is 0 Å². The highest BCUT2D eigenvalue weighted by atomic mass is 16.5. The number of aliphatic hydroxyl groups excluding tert-OH is 1. The molecule has 0 radical (unpaired) electrons. The molecule has 4 nitrogen and oxygen atoms in total. The molecule has 1 heterocycles. The van der Waals surface area contributed by atoms with Gasteiger partial charge in [-0.1, -0.05) is 20.8 Å². The second-order valence-electron chi connectivity index (χ2n) is 7.27. The molecule has 0 amide bonds. The van der Waals surface area contributed by atoms with E-state index in [1.807, 2.05) is 0 Å². The Morgan fingerprint density at radius 1 is 1.40 bits per heavy atom. The lowest BCUT2D eigenvalue weighted by Crippen LogP contribution is -2.51. The Morgan fingerprint density at radius 2 is 2.20 bits per heavy atom. The summed E-state index contributed by atoms with van der Waals surface area (Å²) < 4.78 is 5.55. The Hall–Kier alpha value is -0.160. The van der Waals surface area contributed by atoms with Gasteiger partial charge < -0.3 is 15.2 Å². The van der Waals surface area contributed by atoms with Gasteiger partial charge in [-0.15, -0.1) is 0 Å². The number of nitrogens with zero attached hydrogens (tertiary/aromatic N) is 1. The zero-order chi connectivity index (χ0) is 14.6. The zero-order valence-electron chi connectivity index (χ0n) is 13.4. The van der Waals surface area contributed by atoms with Crippen LogP contribution in [0, 0.1) is 11.3 Å². The number of rotatable bonds is 5. The molecule has 1 aliphatic heterocycles. The summed E-state index contributed by atoms with van der Waals surface area (Å²) in [5, 5.41) is 12.9. The second-order valence-corrected chi connectivity index (χ2v) is 7.27. The Morgan fingerprint density at radius 3 is 2.90 bits per heavy atom. The van der Waals surface area contributed by atoms with Gasteiger partial charge in [-0.05, 0) is 37.1 Å². The molecular weight excluding hydrogens is 252 g/mol. The molecular formula is C16H32N2O2. The first-order chi connectivity index (χ1) is 9.54. The van der Waals surface area contributed by atoms with Crippen molar-refractivity contribution in [1.82, 2.24) is 10.2 Å². The molecule has 0 aromatic rings. The summed E-state index contributed by atoms with van der Waals surface area (Å²) >= 11 is 0. The molecule has 2 aliphatic rings. The van der Waals surface area contributed by atoms with Gasteiger partial charge in [0.25, 0.3) is 0 Å². The van der Waals surface area contributed by atoms with Crippen LogP contribution in [0.4, 0.5) is 0 Å². The van der Waals surface area contributed by atoms with Gasteiger partial charge in [0.1, 0.15) is 0 Å². The molecule has 118 valence electrons. The van der Waals surface area contributed by atoms with Crippen molar-refractivity contribution >= 4 is 0 Å². The van der Waals surface area contributed by atoms with Crippen LogP contribution < -0.4 is 5.32 Å². The summed E-state index contributed by atoms with van der Waals surface area (Å²) in [6.07, 6.45) is 3.92. The minimum atomic E-state index is 0.0120. The van der Waals surface area contributed by atoms with E-state index in [0.29, 0.717) is 11.5 Å². The average molecular weight is 284 g/mol. The van der Waals surface area contributed by atoms with Crippen LogP contribution in [0.3, 0.4) is 0 Å². The van der Waals surface area contributed by atoms with E-state index in [1.54, 1.807) is 0 Å². The smallest absolute Gasteiger partial charge is 0.0932 e. The number of hydrogen-bond acceptors (Lipinski definition) is 4. The summed E-state index contributed by atoms with van der Waals surface area (Å²) in [6.45, 7) is 12.0. The molecule has 1 saturated carbocycles. The van der Waals surface area contributed by atoms with Crippen LogP contribution in [-0.4, -0.2) is 61.5 Å². The van der Waals surface area contributed by atoms with Crippen molar-refractivity contribution in [3.63, 3.8) is 0 Å². The third-order valence-electron chi connectivity index (χ3n) is 4.90. The molecule has 20 heavy (non-hydrogen) atoms. The molecule has 0 aromatic heterocycles. The monoisotopic (exact) mass is 284 g/mol. The maximum absolute atomic E-state index is 9.27. The highest BCUT2D eigenvalue weighted by molar-refractivity contribution is 4.90. The molecule has 3 unspecified atom stereocenters. The van der Waals surface area contributed by atoms with Gasteiger partial charge in [-0.25, -0.2) is 0 Å². The van der Waals surface area contributed by atoms with Crippen LogP contribution in [-0.2, 0) is 4.74 Å². The van der Waals surface area contributed by atoms with Crippen molar-refractivity contribution < 1.29 is 9.84 Å². The third kappa shape index (κ3) is 4.42. The fourth-order valence-electron chi connectivity index (χ4n) is 3.85. The standard InChI is InChI=1S/C16H32N2O2/c1-4-17-15-5-6-16(2,3)9-13(15)10-18-7-8-20-14(11-18)12-19/h13-15,17,19H,4-12H2,1-3H3. The number of morpholine rings is 1. The quantitative estimate of drug-likeness (QED) is 0.803. The SMILES string of the molecule is CCNC1CCC(C)(C)CC1CN1CCOC(CO)C1. The number of ether oxygens (including phenoxy) is 1. The number of hydrogen-bond donors (Lipinski definition) is 2. The van der Waals surface area contributed by atoms with Crippen molar-refractivity contribution in [2.24, 2.45) is 11.3 Å². The predicted molar refractivity (Wildman–Crippen MR) is 81.9 cm³/mol. The van der Waals surface area contributed by atoms with E-state index in [0.717, 1.165) is 38.7 Å². The maximum atomic E-state index is 9.27. The van der Waals surface area contributed by atoms with E-state index in [9.17, 15) is 5.11 Å². The van der Waals surface area contributed by atoms with E-state index >= 15 is 0 Å². The highest BCUT2D eigenvalue weighted by Gasteiger charge is 2.36. The molecule has 0 aromatic carbocycles. The first-order valence-corrected chi connectivity index (χ1v) is 8.22.